The number of rotatable bonds is 4. The van der Waals surface area contributed by atoms with E-state index in [2.05, 4.69) is 27.8 Å². The van der Waals surface area contributed by atoms with Gasteiger partial charge in [-0.1, -0.05) is 12.1 Å². The molecule has 0 aliphatic heterocycles. The van der Waals surface area contributed by atoms with Crippen LogP contribution < -0.4 is 5.73 Å². The number of fused-ring (bicyclic) bond motifs is 1. The van der Waals surface area contributed by atoms with Gasteiger partial charge in [0, 0.05) is 6.54 Å². The number of benzene rings is 1. The minimum absolute atomic E-state index is 0.470. The summed E-state index contributed by atoms with van der Waals surface area (Å²) in [7, 11) is 0. The fourth-order valence-corrected chi connectivity index (χ4v) is 2.47. The van der Waals surface area contributed by atoms with Gasteiger partial charge in [-0.05, 0) is 43.4 Å². The fourth-order valence-electron chi connectivity index (χ4n) is 2.47. The Morgan fingerprint density at radius 3 is 2.88 bits per heavy atom. The highest BCUT2D eigenvalue weighted by Crippen LogP contribution is 2.50. The van der Waals surface area contributed by atoms with Gasteiger partial charge >= 0.3 is 0 Å². The normalized spacial score (nSPS) is 17.8. The molecule has 1 aromatic heterocycles. The maximum atomic E-state index is 5.67. The molecule has 3 rings (SSSR count). The van der Waals surface area contributed by atoms with E-state index in [1.807, 2.05) is 12.4 Å². The van der Waals surface area contributed by atoms with Crippen LogP contribution in [0, 0.1) is 5.41 Å². The van der Waals surface area contributed by atoms with Gasteiger partial charge in [0.15, 0.2) is 0 Å². The SMILES string of the molecule is NCCC1(Cn2cnc3ccccc32)CC1. The van der Waals surface area contributed by atoms with Crippen LogP contribution in [0.3, 0.4) is 0 Å². The van der Waals surface area contributed by atoms with E-state index < -0.39 is 0 Å². The van der Waals surface area contributed by atoms with E-state index >= 15 is 0 Å². The summed E-state index contributed by atoms with van der Waals surface area (Å²) < 4.78 is 2.28. The highest BCUT2D eigenvalue weighted by atomic mass is 15.1. The Hall–Kier alpha value is -1.35. The zero-order valence-electron chi connectivity index (χ0n) is 9.39. The minimum Gasteiger partial charge on any atom is -0.330 e. The van der Waals surface area contributed by atoms with E-state index in [1.165, 1.54) is 18.4 Å². The topological polar surface area (TPSA) is 43.8 Å². The molecular weight excluding hydrogens is 198 g/mol. The van der Waals surface area contributed by atoms with E-state index in [0.29, 0.717) is 5.41 Å². The Morgan fingerprint density at radius 1 is 1.31 bits per heavy atom. The van der Waals surface area contributed by atoms with Gasteiger partial charge in [-0.15, -0.1) is 0 Å². The van der Waals surface area contributed by atoms with Crippen molar-refractivity contribution in [3.05, 3.63) is 30.6 Å². The molecule has 0 amide bonds. The number of aromatic nitrogens is 2. The second-order valence-corrected chi connectivity index (χ2v) is 4.90. The van der Waals surface area contributed by atoms with Crippen molar-refractivity contribution in [2.45, 2.75) is 25.8 Å². The molecule has 1 aliphatic carbocycles. The minimum atomic E-state index is 0.470. The average Bonchev–Trinajstić information content (AvgIpc) is 2.93. The van der Waals surface area contributed by atoms with Crippen LogP contribution in [0.2, 0.25) is 0 Å². The van der Waals surface area contributed by atoms with Crippen LogP contribution in [-0.4, -0.2) is 16.1 Å². The van der Waals surface area contributed by atoms with Crippen LogP contribution in [0.5, 0.6) is 0 Å². The molecule has 0 unspecified atom stereocenters. The van der Waals surface area contributed by atoms with Gasteiger partial charge in [0.1, 0.15) is 0 Å². The van der Waals surface area contributed by atoms with Gasteiger partial charge in [0.25, 0.3) is 0 Å². The molecule has 1 aliphatic rings. The number of hydrogen-bond donors (Lipinski definition) is 1. The number of nitrogens with zero attached hydrogens (tertiary/aromatic N) is 2. The Labute approximate surface area is 95.3 Å². The van der Waals surface area contributed by atoms with Gasteiger partial charge in [-0.2, -0.15) is 0 Å². The quantitative estimate of drug-likeness (QED) is 0.849. The summed E-state index contributed by atoms with van der Waals surface area (Å²) in [4.78, 5) is 4.42. The standard InChI is InChI=1S/C13H17N3/c14-8-7-13(5-6-13)9-16-10-15-11-3-1-2-4-12(11)16/h1-4,10H,5-9,14H2. The summed E-state index contributed by atoms with van der Waals surface area (Å²) in [5.41, 5.74) is 8.47. The number of hydrogen-bond acceptors (Lipinski definition) is 2. The maximum absolute atomic E-state index is 5.67. The fraction of sp³-hybridized carbons (Fsp3) is 0.462. The first kappa shape index (κ1) is 9.85. The monoisotopic (exact) mass is 215 g/mol. The van der Waals surface area contributed by atoms with E-state index in [4.69, 9.17) is 5.73 Å². The number of para-hydroxylation sites is 2. The smallest absolute Gasteiger partial charge is 0.0958 e. The van der Waals surface area contributed by atoms with Crippen molar-refractivity contribution in [1.82, 2.24) is 9.55 Å². The Morgan fingerprint density at radius 2 is 2.12 bits per heavy atom. The van der Waals surface area contributed by atoms with Crippen LogP contribution >= 0.6 is 0 Å². The Bertz CT molecular complexity index is 497. The molecule has 1 fully saturated rings. The largest absolute Gasteiger partial charge is 0.330 e. The zero-order chi connectivity index (χ0) is 11.0. The zero-order valence-corrected chi connectivity index (χ0v) is 9.39. The van der Waals surface area contributed by atoms with E-state index in [-0.39, 0.29) is 0 Å². The van der Waals surface area contributed by atoms with Crippen molar-refractivity contribution < 1.29 is 0 Å². The third-order valence-electron chi connectivity index (χ3n) is 3.66. The second-order valence-electron chi connectivity index (χ2n) is 4.90. The molecule has 1 saturated carbocycles. The molecule has 1 aromatic carbocycles. The molecule has 0 radical (unpaired) electrons. The molecular formula is C13H17N3. The molecule has 2 aromatic rings. The highest BCUT2D eigenvalue weighted by Gasteiger charge is 2.41. The molecule has 0 bridgehead atoms. The lowest BCUT2D eigenvalue weighted by Crippen LogP contribution is -2.15. The first-order chi connectivity index (χ1) is 7.83. The van der Waals surface area contributed by atoms with Crippen molar-refractivity contribution in [1.29, 1.82) is 0 Å². The van der Waals surface area contributed by atoms with E-state index in [0.717, 1.165) is 25.0 Å². The van der Waals surface area contributed by atoms with Gasteiger partial charge in [0.05, 0.1) is 17.4 Å². The Balaban J connectivity index is 1.89. The van der Waals surface area contributed by atoms with E-state index in [9.17, 15) is 0 Å². The van der Waals surface area contributed by atoms with Gasteiger partial charge in [-0.25, -0.2) is 4.98 Å². The molecule has 0 atom stereocenters. The third-order valence-corrected chi connectivity index (χ3v) is 3.66. The van der Waals surface area contributed by atoms with Crippen LogP contribution in [-0.2, 0) is 6.54 Å². The first-order valence-corrected chi connectivity index (χ1v) is 5.93. The molecule has 0 spiro atoms. The summed E-state index contributed by atoms with van der Waals surface area (Å²) in [5.74, 6) is 0. The van der Waals surface area contributed by atoms with Gasteiger partial charge < -0.3 is 10.3 Å². The average molecular weight is 215 g/mol. The van der Waals surface area contributed by atoms with Crippen LogP contribution in [0.15, 0.2) is 30.6 Å². The number of nitrogens with two attached hydrogens (primary N) is 1. The Kier molecular flexibility index (Phi) is 2.21. The third kappa shape index (κ3) is 1.61. The van der Waals surface area contributed by atoms with Crippen LogP contribution in [0.4, 0.5) is 0 Å². The summed E-state index contributed by atoms with van der Waals surface area (Å²) in [6.45, 7) is 1.87. The lowest BCUT2D eigenvalue weighted by atomic mass is 10.0. The second kappa shape index (κ2) is 3.59. The van der Waals surface area contributed by atoms with E-state index in [1.54, 1.807) is 0 Å². The maximum Gasteiger partial charge on any atom is 0.0958 e. The van der Waals surface area contributed by atoms with Crippen molar-refractivity contribution in [3.8, 4) is 0 Å². The van der Waals surface area contributed by atoms with Crippen molar-refractivity contribution in [3.63, 3.8) is 0 Å². The van der Waals surface area contributed by atoms with Crippen molar-refractivity contribution in [2.75, 3.05) is 6.54 Å². The molecule has 3 heteroatoms. The van der Waals surface area contributed by atoms with Crippen LogP contribution in [0.1, 0.15) is 19.3 Å². The van der Waals surface area contributed by atoms with Gasteiger partial charge in [0.2, 0.25) is 0 Å². The molecule has 2 N–H and O–H groups in total. The summed E-state index contributed by atoms with van der Waals surface area (Å²) in [5, 5.41) is 0. The predicted molar refractivity (Wildman–Crippen MR) is 65.1 cm³/mol. The van der Waals surface area contributed by atoms with Crippen LogP contribution in [0.25, 0.3) is 11.0 Å². The molecule has 0 saturated heterocycles. The molecule has 84 valence electrons. The molecule has 16 heavy (non-hydrogen) atoms. The van der Waals surface area contributed by atoms with Gasteiger partial charge in [-0.3, -0.25) is 0 Å². The summed E-state index contributed by atoms with van der Waals surface area (Å²) in [6, 6.07) is 8.31. The van der Waals surface area contributed by atoms with Crippen molar-refractivity contribution >= 4 is 11.0 Å². The molecule has 3 nitrogen and oxygen atoms in total. The lowest BCUT2D eigenvalue weighted by Gasteiger charge is -2.15. The van der Waals surface area contributed by atoms with Crippen molar-refractivity contribution in [2.24, 2.45) is 11.1 Å². The predicted octanol–water partition coefficient (Wildman–Crippen LogP) is 2.17. The summed E-state index contributed by atoms with van der Waals surface area (Å²) >= 11 is 0. The highest BCUT2D eigenvalue weighted by molar-refractivity contribution is 5.74. The first-order valence-electron chi connectivity index (χ1n) is 5.93. The number of imidazole rings is 1. The summed E-state index contributed by atoms with van der Waals surface area (Å²) in [6.07, 6.45) is 5.73. The molecule has 1 heterocycles. The lowest BCUT2D eigenvalue weighted by molar-refractivity contribution is 0.403.